The van der Waals surface area contributed by atoms with Crippen LogP contribution in [0, 0.1) is 5.92 Å². The Morgan fingerprint density at radius 3 is 2.79 bits per heavy atom. The summed E-state index contributed by atoms with van der Waals surface area (Å²) in [5, 5.41) is 16.6. The van der Waals surface area contributed by atoms with Crippen LogP contribution in [0.1, 0.15) is 43.0 Å². The molecule has 19 heavy (non-hydrogen) atoms. The zero-order valence-corrected chi connectivity index (χ0v) is 11.6. The van der Waals surface area contributed by atoms with E-state index < -0.39 is 5.97 Å². The fourth-order valence-electron chi connectivity index (χ4n) is 2.41. The molecule has 5 nitrogen and oxygen atoms in total. The maximum atomic E-state index is 11.9. The van der Waals surface area contributed by atoms with Crippen molar-refractivity contribution in [2.24, 2.45) is 5.92 Å². The standard InChI is InChI=1S/C13H18N2O3S/c1-8-4-2-3-5-10(8)14-13(18)15-11-9(12(16)17)6-7-19-11/h6-8,10H,2-5H2,1H3,(H,16,17)(H2,14,15,18). The number of aromatic carboxylic acids is 1. The minimum Gasteiger partial charge on any atom is -0.478 e. The molecule has 1 heterocycles. The van der Waals surface area contributed by atoms with Crippen LogP contribution >= 0.6 is 11.3 Å². The van der Waals surface area contributed by atoms with Gasteiger partial charge in [-0.15, -0.1) is 11.3 Å². The van der Waals surface area contributed by atoms with Gasteiger partial charge in [0.25, 0.3) is 0 Å². The minimum atomic E-state index is -1.03. The Bertz CT molecular complexity index is 472. The quantitative estimate of drug-likeness (QED) is 0.797. The predicted octanol–water partition coefficient (Wildman–Crippen LogP) is 3.15. The summed E-state index contributed by atoms with van der Waals surface area (Å²) in [7, 11) is 0. The highest BCUT2D eigenvalue weighted by molar-refractivity contribution is 7.14. The first-order chi connectivity index (χ1) is 9.08. The molecule has 3 N–H and O–H groups in total. The third-order valence-corrected chi connectivity index (χ3v) is 4.38. The number of carbonyl (C=O) groups is 2. The van der Waals surface area contributed by atoms with Crippen LogP contribution in [0.2, 0.25) is 0 Å². The van der Waals surface area contributed by atoms with Crippen molar-refractivity contribution in [1.82, 2.24) is 5.32 Å². The number of carboxylic acids is 1. The number of urea groups is 1. The fourth-order valence-corrected chi connectivity index (χ4v) is 3.19. The Balaban J connectivity index is 1.93. The van der Waals surface area contributed by atoms with Crippen LogP contribution in [0.5, 0.6) is 0 Å². The molecule has 1 fully saturated rings. The van der Waals surface area contributed by atoms with Crippen LogP contribution in [-0.2, 0) is 0 Å². The van der Waals surface area contributed by atoms with Gasteiger partial charge < -0.3 is 10.4 Å². The Morgan fingerprint density at radius 1 is 1.37 bits per heavy atom. The number of hydrogen-bond acceptors (Lipinski definition) is 3. The van der Waals surface area contributed by atoms with Crippen molar-refractivity contribution in [1.29, 1.82) is 0 Å². The summed E-state index contributed by atoms with van der Waals surface area (Å²) >= 11 is 1.22. The summed E-state index contributed by atoms with van der Waals surface area (Å²) in [5.74, 6) is -0.552. The molecule has 1 aliphatic rings. The van der Waals surface area contributed by atoms with Crippen LogP contribution in [0.15, 0.2) is 11.4 Å². The summed E-state index contributed by atoms with van der Waals surface area (Å²) in [6.45, 7) is 2.14. The van der Waals surface area contributed by atoms with E-state index >= 15 is 0 Å². The summed E-state index contributed by atoms with van der Waals surface area (Å²) in [6.07, 6.45) is 4.47. The van der Waals surface area contributed by atoms with Crippen molar-refractivity contribution in [2.75, 3.05) is 5.32 Å². The first-order valence-corrected chi connectivity index (χ1v) is 7.34. The summed E-state index contributed by atoms with van der Waals surface area (Å²) < 4.78 is 0. The van der Waals surface area contributed by atoms with Crippen LogP contribution in [0.3, 0.4) is 0 Å². The Kier molecular flexibility index (Phi) is 4.42. The fraction of sp³-hybridized carbons (Fsp3) is 0.538. The largest absolute Gasteiger partial charge is 0.478 e. The van der Waals surface area contributed by atoms with Crippen LogP contribution in [0.25, 0.3) is 0 Å². The van der Waals surface area contributed by atoms with E-state index in [9.17, 15) is 9.59 Å². The molecule has 1 aliphatic carbocycles. The number of nitrogens with one attached hydrogen (secondary N) is 2. The molecule has 0 saturated heterocycles. The summed E-state index contributed by atoms with van der Waals surface area (Å²) in [6, 6.07) is 1.36. The Morgan fingerprint density at radius 2 is 2.11 bits per heavy atom. The van der Waals surface area contributed by atoms with Crippen LogP contribution in [0.4, 0.5) is 9.80 Å². The van der Waals surface area contributed by atoms with Gasteiger partial charge in [-0.05, 0) is 30.2 Å². The van der Waals surface area contributed by atoms with Crippen LogP contribution in [-0.4, -0.2) is 23.1 Å². The molecular weight excluding hydrogens is 264 g/mol. The van der Waals surface area contributed by atoms with Crippen molar-refractivity contribution < 1.29 is 14.7 Å². The highest BCUT2D eigenvalue weighted by Gasteiger charge is 2.23. The van der Waals surface area contributed by atoms with E-state index in [0.29, 0.717) is 10.9 Å². The van der Waals surface area contributed by atoms with E-state index in [1.54, 1.807) is 5.38 Å². The lowest BCUT2D eigenvalue weighted by Gasteiger charge is -2.29. The van der Waals surface area contributed by atoms with Crippen LogP contribution < -0.4 is 10.6 Å². The zero-order valence-electron chi connectivity index (χ0n) is 10.8. The summed E-state index contributed by atoms with van der Waals surface area (Å²) in [5.41, 5.74) is 0.136. The van der Waals surface area contributed by atoms with Gasteiger partial charge in [-0.2, -0.15) is 0 Å². The normalized spacial score (nSPS) is 22.8. The second-order valence-corrected chi connectivity index (χ2v) is 5.85. The molecule has 2 unspecified atom stereocenters. The minimum absolute atomic E-state index is 0.136. The second-order valence-electron chi connectivity index (χ2n) is 4.94. The number of carbonyl (C=O) groups excluding carboxylic acids is 1. The van der Waals surface area contributed by atoms with Gasteiger partial charge in [-0.3, -0.25) is 5.32 Å². The first kappa shape index (κ1) is 13.9. The third kappa shape index (κ3) is 3.47. The van der Waals surface area contributed by atoms with Gasteiger partial charge in [-0.25, -0.2) is 9.59 Å². The molecule has 0 aromatic carbocycles. The van der Waals surface area contributed by atoms with Gasteiger partial charge in [0.1, 0.15) is 5.00 Å². The van der Waals surface area contributed by atoms with Crippen molar-refractivity contribution in [3.05, 3.63) is 17.0 Å². The van der Waals surface area contributed by atoms with Gasteiger partial charge in [0.15, 0.2) is 0 Å². The van der Waals surface area contributed by atoms with Gasteiger partial charge in [-0.1, -0.05) is 19.8 Å². The molecule has 1 aromatic rings. The Labute approximate surface area is 116 Å². The molecule has 6 heteroatoms. The molecule has 1 aromatic heterocycles. The number of amides is 2. The molecule has 0 radical (unpaired) electrons. The summed E-state index contributed by atoms with van der Waals surface area (Å²) in [4.78, 5) is 22.8. The van der Waals surface area contributed by atoms with E-state index in [0.717, 1.165) is 19.3 Å². The highest BCUT2D eigenvalue weighted by Crippen LogP contribution is 2.25. The lowest BCUT2D eigenvalue weighted by Crippen LogP contribution is -2.43. The van der Waals surface area contributed by atoms with E-state index in [1.807, 2.05) is 0 Å². The van der Waals surface area contributed by atoms with E-state index in [4.69, 9.17) is 5.11 Å². The van der Waals surface area contributed by atoms with E-state index in [2.05, 4.69) is 17.6 Å². The zero-order chi connectivity index (χ0) is 13.8. The molecule has 2 rings (SSSR count). The molecule has 0 aliphatic heterocycles. The number of anilines is 1. The number of rotatable bonds is 3. The topological polar surface area (TPSA) is 78.4 Å². The molecule has 2 amide bonds. The smallest absolute Gasteiger partial charge is 0.338 e. The molecule has 1 saturated carbocycles. The van der Waals surface area contributed by atoms with Crippen molar-refractivity contribution >= 4 is 28.3 Å². The Hall–Kier alpha value is -1.56. The van der Waals surface area contributed by atoms with Crippen molar-refractivity contribution in [3.63, 3.8) is 0 Å². The molecular formula is C13H18N2O3S. The van der Waals surface area contributed by atoms with E-state index in [1.165, 1.54) is 23.8 Å². The maximum absolute atomic E-state index is 11.9. The molecule has 0 bridgehead atoms. The number of hydrogen-bond donors (Lipinski definition) is 3. The van der Waals surface area contributed by atoms with Crippen molar-refractivity contribution in [2.45, 2.75) is 38.6 Å². The van der Waals surface area contributed by atoms with Gasteiger partial charge in [0.2, 0.25) is 0 Å². The average molecular weight is 282 g/mol. The first-order valence-electron chi connectivity index (χ1n) is 6.46. The lowest BCUT2D eigenvalue weighted by atomic mass is 9.86. The number of thiophene rings is 1. The predicted molar refractivity (Wildman–Crippen MR) is 74.9 cm³/mol. The molecule has 104 valence electrons. The van der Waals surface area contributed by atoms with Gasteiger partial charge in [0, 0.05) is 6.04 Å². The van der Waals surface area contributed by atoms with E-state index in [-0.39, 0.29) is 17.6 Å². The number of carboxylic acid groups (broad SMARTS) is 1. The second kappa shape index (κ2) is 6.06. The highest BCUT2D eigenvalue weighted by atomic mass is 32.1. The molecule has 2 atom stereocenters. The third-order valence-electron chi connectivity index (χ3n) is 3.55. The van der Waals surface area contributed by atoms with Gasteiger partial charge in [0.05, 0.1) is 5.56 Å². The van der Waals surface area contributed by atoms with Crippen molar-refractivity contribution in [3.8, 4) is 0 Å². The lowest BCUT2D eigenvalue weighted by molar-refractivity contribution is 0.0698. The van der Waals surface area contributed by atoms with Gasteiger partial charge >= 0.3 is 12.0 Å². The average Bonchev–Trinajstić information content (AvgIpc) is 2.80. The maximum Gasteiger partial charge on any atom is 0.338 e. The monoisotopic (exact) mass is 282 g/mol. The SMILES string of the molecule is CC1CCCCC1NC(=O)Nc1sccc1C(=O)O. The molecule has 0 spiro atoms.